The van der Waals surface area contributed by atoms with E-state index in [0.29, 0.717) is 11.8 Å². The van der Waals surface area contributed by atoms with Crippen molar-refractivity contribution in [3.63, 3.8) is 0 Å². The number of fused-ring (bicyclic) bond motifs is 3. The molecular weight excluding hydrogens is 234 g/mol. The van der Waals surface area contributed by atoms with Gasteiger partial charge in [-0.15, -0.1) is 0 Å². The number of nitrogens with zero attached hydrogens (tertiary/aromatic N) is 2. The minimum atomic E-state index is 0.423. The molecule has 3 nitrogen and oxygen atoms in total. The second kappa shape index (κ2) is 4.12. The maximum absolute atomic E-state index is 4.69. The van der Waals surface area contributed by atoms with Crippen molar-refractivity contribution in [3.8, 4) is 0 Å². The first-order valence-corrected chi connectivity index (χ1v) is 6.97. The lowest BCUT2D eigenvalue weighted by Gasteiger charge is -2.07. The number of aryl methyl sites for hydroxylation is 1. The van der Waals surface area contributed by atoms with Crippen LogP contribution in [0, 0.1) is 0 Å². The maximum Gasteiger partial charge on any atom is 0.109 e. The zero-order valence-corrected chi connectivity index (χ0v) is 12.3. The van der Waals surface area contributed by atoms with E-state index in [1.807, 2.05) is 0 Å². The van der Waals surface area contributed by atoms with Crippen LogP contribution in [-0.2, 0) is 7.05 Å². The average molecular weight is 255 g/mol. The molecule has 3 heteroatoms. The molecule has 0 unspecified atom stereocenters. The lowest BCUT2D eigenvalue weighted by Crippen LogP contribution is -1.97. The minimum absolute atomic E-state index is 0.423. The molecular formula is C16H21N3. The number of hydrogen-bond donors (Lipinski definition) is 1. The van der Waals surface area contributed by atoms with Crippen LogP contribution in [0.4, 0.5) is 0 Å². The third kappa shape index (κ3) is 1.76. The molecule has 2 aromatic heterocycles. The van der Waals surface area contributed by atoms with Crippen molar-refractivity contribution in [1.29, 1.82) is 0 Å². The lowest BCUT2D eigenvalue weighted by molar-refractivity contribution is 0.755. The molecule has 0 spiro atoms. The quantitative estimate of drug-likeness (QED) is 0.727. The first kappa shape index (κ1) is 12.3. The summed E-state index contributed by atoms with van der Waals surface area (Å²) < 4.78 is 2.30. The Hall–Kier alpha value is -1.77. The molecule has 1 aromatic carbocycles. The van der Waals surface area contributed by atoms with E-state index < -0.39 is 0 Å². The van der Waals surface area contributed by atoms with Crippen LogP contribution in [-0.4, -0.2) is 14.5 Å². The average Bonchev–Trinajstić information content (AvgIpc) is 2.89. The Morgan fingerprint density at radius 3 is 2.47 bits per heavy atom. The van der Waals surface area contributed by atoms with Crippen molar-refractivity contribution in [2.24, 2.45) is 7.05 Å². The lowest BCUT2D eigenvalue weighted by atomic mass is 10.1. The normalized spacial score (nSPS) is 12.4. The number of hydrogen-bond acceptors (Lipinski definition) is 1. The van der Waals surface area contributed by atoms with E-state index in [1.54, 1.807) is 0 Å². The highest BCUT2D eigenvalue weighted by atomic mass is 15.0. The summed E-state index contributed by atoms with van der Waals surface area (Å²) in [4.78, 5) is 8.19. The van der Waals surface area contributed by atoms with Crippen LogP contribution >= 0.6 is 0 Å². The predicted octanol–water partition coefficient (Wildman–Crippen LogP) is 4.30. The highest BCUT2D eigenvalue weighted by Gasteiger charge is 2.14. The van der Waals surface area contributed by atoms with Crippen LogP contribution in [0.2, 0.25) is 0 Å². The van der Waals surface area contributed by atoms with Gasteiger partial charge in [-0.05, 0) is 18.1 Å². The van der Waals surface area contributed by atoms with Crippen molar-refractivity contribution in [2.45, 2.75) is 39.5 Å². The summed E-state index contributed by atoms with van der Waals surface area (Å²) in [6, 6.07) is 6.58. The second-order valence-electron chi connectivity index (χ2n) is 5.96. The van der Waals surface area contributed by atoms with E-state index in [0.717, 1.165) is 16.9 Å². The molecule has 19 heavy (non-hydrogen) atoms. The summed E-state index contributed by atoms with van der Waals surface area (Å²) >= 11 is 0. The Balaban J connectivity index is 2.38. The summed E-state index contributed by atoms with van der Waals surface area (Å²) in [5.41, 5.74) is 4.85. The van der Waals surface area contributed by atoms with E-state index in [-0.39, 0.29) is 0 Å². The molecule has 0 saturated carbocycles. The zero-order valence-electron chi connectivity index (χ0n) is 12.3. The van der Waals surface area contributed by atoms with Gasteiger partial charge in [-0.3, -0.25) is 0 Å². The smallest absolute Gasteiger partial charge is 0.109 e. The molecule has 1 N–H and O–H groups in total. The molecule has 100 valence electrons. The molecule has 0 fully saturated rings. The van der Waals surface area contributed by atoms with Crippen molar-refractivity contribution in [2.75, 3.05) is 0 Å². The third-order valence-electron chi connectivity index (χ3n) is 3.85. The van der Waals surface area contributed by atoms with Gasteiger partial charge in [0, 0.05) is 24.0 Å². The first-order valence-electron chi connectivity index (χ1n) is 6.97. The first-order chi connectivity index (χ1) is 8.99. The van der Waals surface area contributed by atoms with Gasteiger partial charge in [0.2, 0.25) is 0 Å². The van der Waals surface area contributed by atoms with E-state index in [1.165, 1.54) is 16.6 Å². The van der Waals surface area contributed by atoms with Crippen molar-refractivity contribution >= 4 is 21.9 Å². The molecule has 2 heterocycles. The van der Waals surface area contributed by atoms with E-state index in [9.17, 15) is 0 Å². The largest absolute Gasteiger partial charge is 0.346 e. The van der Waals surface area contributed by atoms with Gasteiger partial charge in [0.25, 0.3) is 0 Å². The van der Waals surface area contributed by atoms with Crippen LogP contribution in [0.3, 0.4) is 0 Å². The van der Waals surface area contributed by atoms with Gasteiger partial charge in [-0.25, -0.2) is 4.98 Å². The monoisotopic (exact) mass is 255 g/mol. The molecule has 0 amide bonds. The number of benzene rings is 1. The fourth-order valence-electron chi connectivity index (χ4n) is 2.79. The number of imidazole rings is 1. The number of rotatable bonds is 2. The SMILES string of the molecule is CC(C)c1nc2ccc3cc(C(C)C)n(C)c3c2[nH]1. The van der Waals surface area contributed by atoms with Crippen LogP contribution in [0.1, 0.15) is 51.0 Å². The summed E-state index contributed by atoms with van der Waals surface area (Å²) in [6.07, 6.45) is 0. The Morgan fingerprint density at radius 1 is 1.11 bits per heavy atom. The molecule has 0 aliphatic carbocycles. The Morgan fingerprint density at radius 2 is 1.84 bits per heavy atom. The molecule has 0 atom stereocenters. The molecule has 3 aromatic rings. The van der Waals surface area contributed by atoms with Crippen molar-refractivity contribution < 1.29 is 0 Å². The van der Waals surface area contributed by atoms with Crippen molar-refractivity contribution in [1.82, 2.24) is 14.5 Å². The van der Waals surface area contributed by atoms with Gasteiger partial charge in [-0.1, -0.05) is 33.8 Å². The zero-order chi connectivity index (χ0) is 13.7. The van der Waals surface area contributed by atoms with Crippen LogP contribution in [0.25, 0.3) is 21.9 Å². The van der Waals surface area contributed by atoms with Crippen LogP contribution in [0.15, 0.2) is 18.2 Å². The van der Waals surface area contributed by atoms with Gasteiger partial charge in [-0.2, -0.15) is 0 Å². The number of H-pyrrole nitrogens is 1. The van der Waals surface area contributed by atoms with Gasteiger partial charge < -0.3 is 9.55 Å². The standard InChI is InChI=1S/C16H21N3/c1-9(2)13-8-11-6-7-12-14(15(11)19(13)5)18-16(17-12)10(3)4/h6-10H,1-5H3,(H,17,18). The topological polar surface area (TPSA) is 33.6 Å². The molecule has 0 radical (unpaired) electrons. The van der Waals surface area contributed by atoms with Gasteiger partial charge in [0.05, 0.1) is 16.6 Å². The number of nitrogens with one attached hydrogen (secondary N) is 1. The molecule has 0 bridgehead atoms. The van der Waals surface area contributed by atoms with Gasteiger partial charge in [0.15, 0.2) is 0 Å². The fraction of sp³-hybridized carbons (Fsp3) is 0.438. The minimum Gasteiger partial charge on any atom is -0.346 e. The van der Waals surface area contributed by atoms with Crippen molar-refractivity contribution in [3.05, 3.63) is 29.7 Å². The fourth-order valence-corrected chi connectivity index (χ4v) is 2.79. The van der Waals surface area contributed by atoms with E-state index in [2.05, 4.69) is 67.5 Å². The Labute approximate surface area is 113 Å². The molecule has 3 rings (SSSR count). The number of aromatic nitrogens is 3. The predicted molar refractivity (Wildman–Crippen MR) is 80.7 cm³/mol. The Bertz CT molecular complexity index is 744. The number of aromatic amines is 1. The maximum atomic E-state index is 4.69. The highest BCUT2D eigenvalue weighted by molar-refractivity contribution is 6.03. The van der Waals surface area contributed by atoms with Gasteiger partial charge >= 0.3 is 0 Å². The van der Waals surface area contributed by atoms with Crippen LogP contribution < -0.4 is 0 Å². The van der Waals surface area contributed by atoms with E-state index in [4.69, 9.17) is 0 Å². The van der Waals surface area contributed by atoms with Gasteiger partial charge in [0.1, 0.15) is 5.82 Å². The molecule has 0 saturated heterocycles. The van der Waals surface area contributed by atoms with Crippen LogP contribution in [0.5, 0.6) is 0 Å². The highest BCUT2D eigenvalue weighted by Crippen LogP contribution is 2.30. The molecule has 0 aliphatic heterocycles. The molecule has 0 aliphatic rings. The summed E-state index contributed by atoms with van der Waals surface area (Å²) in [7, 11) is 2.15. The second-order valence-corrected chi connectivity index (χ2v) is 5.96. The van der Waals surface area contributed by atoms with E-state index >= 15 is 0 Å². The Kier molecular flexibility index (Phi) is 2.66. The third-order valence-corrected chi connectivity index (χ3v) is 3.85. The summed E-state index contributed by atoms with van der Waals surface area (Å²) in [5, 5.41) is 1.29. The summed E-state index contributed by atoms with van der Waals surface area (Å²) in [5.74, 6) is 2.02. The summed E-state index contributed by atoms with van der Waals surface area (Å²) in [6.45, 7) is 8.80.